The first kappa shape index (κ1) is 33.0. The van der Waals surface area contributed by atoms with Crippen LogP contribution in [0.1, 0.15) is 63.0 Å². The van der Waals surface area contributed by atoms with Crippen LogP contribution in [0, 0.1) is 6.92 Å². The average molecular weight is 599 g/mol. The van der Waals surface area contributed by atoms with Crippen molar-refractivity contribution in [2.45, 2.75) is 96.5 Å². The summed E-state index contributed by atoms with van der Waals surface area (Å²) < 4.78 is 19.1. The third-order valence-corrected chi connectivity index (χ3v) is 17.6. The molecule has 0 spiro atoms. The Hall–Kier alpha value is -2.19. The quantitative estimate of drug-likeness (QED) is 0.282. The summed E-state index contributed by atoms with van der Waals surface area (Å²) in [6.07, 6.45) is -1.38. The Kier molecular flexibility index (Phi) is 10.3. The lowest BCUT2D eigenvalue weighted by Crippen LogP contribution is -2.49. The van der Waals surface area contributed by atoms with Crippen LogP contribution in [0.2, 0.25) is 36.3 Å². The van der Waals surface area contributed by atoms with Crippen molar-refractivity contribution >= 4 is 46.4 Å². The van der Waals surface area contributed by atoms with Gasteiger partial charge in [-0.25, -0.2) is 9.59 Å². The van der Waals surface area contributed by atoms with Gasteiger partial charge in [0.05, 0.1) is 5.56 Å². The smallest absolute Gasteiger partial charge is 0.405 e. The van der Waals surface area contributed by atoms with Gasteiger partial charge in [-0.3, -0.25) is 4.79 Å². The molecule has 1 heterocycles. The van der Waals surface area contributed by atoms with Crippen LogP contribution in [0.4, 0.5) is 4.79 Å². The highest BCUT2D eigenvalue weighted by Gasteiger charge is 2.42. The van der Waals surface area contributed by atoms with E-state index in [0.717, 1.165) is 5.56 Å². The van der Waals surface area contributed by atoms with Crippen LogP contribution < -0.4 is 19.5 Å². The predicted octanol–water partition coefficient (Wildman–Crippen LogP) is 5.92. The van der Waals surface area contributed by atoms with E-state index in [1.54, 1.807) is 11.8 Å². The van der Waals surface area contributed by atoms with Gasteiger partial charge < -0.3 is 29.3 Å². The summed E-state index contributed by atoms with van der Waals surface area (Å²) in [5.74, 6) is 1.06. The van der Waals surface area contributed by atoms with Gasteiger partial charge in [-0.1, -0.05) is 41.5 Å². The summed E-state index contributed by atoms with van der Waals surface area (Å²) in [7, 11) is -4.59. The van der Waals surface area contributed by atoms with Gasteiger partial charge in [-0.15, -0.1) is 0 Å². The fraction of sp³-hybridized carbons (Fsp3) is 0.667. The summed E-state index contributed by atoms with van der Waals surface area (Å²) in [5, 5.41) is 13.9. The number of carbonyl (C=O) groups excluding carboxylic acids is 2. The van der Waals surface area contributed by atoms with Crippen LogP contribution in [0.5, 0.6) is 11.5 Å². The molecule has 220 valence electrons. The van der Waals surface area contributed by atoms with E-state index in [-0.39, 0.29) is 10.1 Å². The van der Waals surface area contributed by atoms with Crippen LogP contribution in [0.25, 0.3) is 0 Å². The topological polar surface area (TPSA) is 123 Å². The van der Waals surface area contributed by atoms with Crippen LogP contribution >= 0.6 is 11.8 Å². The second-order valence-corrected chi connectivity index (χ2v) is 23.6. The van der Waals surface area contributed by atoms with Crippen LogP contribution in [0.3, 0.4) is 0 Å². The minimum atomic E-state index is -2.31. The van der Waals surface area contributed by atoms with E-state index < -0.39 is 47.3 Å². The zero-order valence-corrected chi connectivity index (χ0v) is 28.1. The third-order valence-electron chi connectivity index (χ3n) is 7.94. The number of cyclic esters (lactones) is 1. The Morgan fingerprint density at radius 1 is 1.05 bits per heavy atom. The van der Waals surface area contributed by atoms with Crippen molar-refractivity contribution in [2.75, 3.05) is 18.9 Å². The van der Waals surface area contributed by atoms with E-state index in [2.05, 4.69) is 78.4 Å². The Balaban J connectivity index is 2.73. The van der Waals surface area contributed by atoms with Crippen molar-refractivity contribution in [1.82, 2.24) is 10.6 Å². The van der Waals surface area contributed by atoms with E-state index in [0.29, 0.717) is 40.7 Å². The highest BCUT2D eigenvalue weighted by atomic mass is 32.2. The number of rotatable bonds is 5. The molecule has 0 aromatic heterocycles. The number of esters is 1. The lowest BCUT2D eigenvalue weighted by molar-refractivity contribution is -0.123. The molecule has 2 amide bonds. The summed E-state index contributed by atoms with van der Waals surface area (Å²) in [5.41, 5.74) is 1.72. The van der Waals surface area contributed by atoms with Gasteiger partial charge in [0.2, 0.25) is 22.5 Å². The maximum Gasteiger partial charge on any atom is 0.405 e. The van der Waals surface area contributed by atoms with Crippen molar-refractivity contribution in [3.05, 3.63) is 22.8 Å². The highest BCUT2D eigenvalue weighted by Crippen LogP contribution is 2.44. The number of carboxylic acid groups (broad SMARTS) is 1. The second kappa shape index (κ2) is 12.1. The maximum atomic E-state index is 13.7. The lowest BCUT2D eigenvalue weighted by Gasteiger charge is -2.39. The molecule has 3 N–H and O–H groups in total. The molecule has 9 nitrogen and oxygen atoms in total. The highest BCUT2D eigenvalue weighted by molar-refractivity contribution is 7.98. The van der Waals surface area contributed by atoms with Crippen molar-refractivity contribution in [2.24, 2.45) is 0 Å². The van der Waals surface area contributed by atoms with Gasteiger partial charge >= 0.3 is 12.1 Å². The molecule has 0 unspecified atom stereocenters. The lowest BCUT2D eigenvalue weighted by atomic mass is 10.0. The van der Waals surface area contributed by atoms with Gasteiger partial charge in [-0.05, 0) is 43.2 Å². The van der Waals surface area contributed by atoms with Crippen LogP contribution in [-0.2, 0) is 15.3 Å². The van der Waals surface area contributed by atoms with Gasteiger partial charge in [0.15, 0.2) is 0 Å². The van der Waals surface area contributed by atoms with E-state index in [1.165, 1.54) is 0 Å². The van der Waals surface area contributed by atoms with Crippen molar-refractivity contribution < 1.29 is 33.1 Å². The molecule has 1 aromatic carbocycles. The number of amides is 2. The number of thioether (sulfide) groups is 1. The Labute approximate surface area is 239 Å². The van der Waals surface area contributed by atoms with Crippen molar-refractivity contribution in [1.29, 1.82) is 0 Å². The molecule has 1 aliphatic rings. The largest absolute Gasteiger partial charge is 0.543 e. The molecular formula is C27H46N2O7SSi2. The zero-order valence-electron chi connectivity index (χ0n) is 25.3. The zero-order chi connectivity index (χ0) is 30.0. The second-order valence-electron chi connectivity index (χ2n) is 13.0. The normalized spacial score (nSPS) is 18.1. The number of hydrogen-bond donors (Lipinski definition) is 3. The number of carbonyl (C=O) groups is 3. The van der Waals surface area contributed by atoms with Gasteiger partial charge in [0.1, 0.15) is 24.1 Å². The minimum absolute atomic E-state index is 0.0742. The number of fused-ring (bicyclic) bond motifs is 1. The molecule has 1 aliphatic heterocycles. The fourth-order valence-electron chi connectivity index (χ4n) is 3.37. The first-order valence-corrected chi connectivity index (χ1v) is 20.2. The number of hydrogen-bond acceptors (Lipinski definition) is 7. The van der Waals surface area contributed by atoms with Gasteiger partial charge in [0, 0.05) is 35.2 Å². The van der Waals surface area contributed by atoms with Crippen LogP contribution in [0.15, 0.2) is 6.07 Å². The molecule has 0 fully saturated rings. The average Bonchev–Trinajstić information content (AvgIpc) is 2.75. The van der Waals surface area contributed by atoms with E-state index in [1.807, 2.05) is 13.0 Å². The predicted molar refractivity (Wildman–Crippen MR) is 161 cm³/mol. The SMILES string of the molecule is Cc1c(O[Si](C)(C)C(C)(C)C)cc(O[Si](C)(C)C(C)(C)C)c2c1C(=O)OC[C@H](NC(=O)O)C(=O)NCCSC2. The van der Waals surface area contributed by atoms with E-state index >= 15 is 0 Å². The van der Waals surface area contributed by atoms with Crippen molar-refractivity contribution in [3.8, 4) is 11.5 Å². The van der Waals surface area contributed by atoms with E-state index in [4.69, 9.17) is 13.6 Å². The summed E-state index contributed by atoms with van der Waals surface area (Å²) in [6.45, 7) is 23.3. The molecule has 0 bridgehead atoms. The molecule has 12 heteroatoms. The summed E-state index contributed by atoms with van der Waals surface area (Å²) >= 11 is 1.55. The minimum Gasteiger partial charge on any atom is -0.543 e. The molecule has 2 rings (SSSR count). The molecule has 1 aromatic rings. The monoisotopic (exact) mass is 598 g/mol. The first-order valence-electron chi connectivity index (χ1n) is 13.2. The standard InChI is InChI=1S/C27H46N2O7SSi2/c1-17-20(35-38(8,9)26(2,3)4)14-21(36-39(10,11)27(5,6)7)18-16-37-13-12-28-23(30)19(29-25(32)33)15-34-24(31)22(17)18/h14,19,29H,12-13,15-16H2,1-11H3,(H,28,30)(H,32,33)/t19-/m0/s1. The molecule has 0 aliphatic carbocycles. The van der Waals surface area contributed by atoms with Crippen LogP contribution in [-0.4, -0.2) is 64.7 Å². The van der Waals surface area contributed by atoms with Gasteiger partial charge in [0.25, 0.3) is 0 Å². The molecule has 0 saturated carbocycles. The molecule has 0 radical (unpaired) electrons. The van der Waals surface area contributed by atoms with Crippen molar-refractivity contribution in [3.63, 3.8) is 0 Å². The molecule has 0 saturated heterocycles. The number of ether oxygens (including phenoxy) is 1. The summed E-state index contributed by atoms with van der Waals surface area (Å²) in [4.78, 5) is 37.5. The van der Waals surface area contributed by atoms with Gasteiger partial charge in [-0.2, -0.15) is 11.8 Å². The third kappa shape index (κ3) is 8.17. The number of benzene rings is 1. The molecular weight excluding hydrogens is 553 g/mol. The fourth-order valence-corrected chi connectivity index (χ4v) is 6.35. The Bertz CT molecular complexity index is 1100. The number of nitrogens with one attached hydrogen (secondary N) is 2. The van der Waals surface area contributed by atoms with E-state index in [9.17, 15) is 19.5 Å². The Morgan fingerprint density at radius 2 is 1.59 bits per heavy atom. The first-order chi connectivity index (χ1) is 17.7. The Morgan fingerprint density at radius 3 is 2.10 bits per heavy atom. The molecule has 1 atom stereocenters. The maximum absolute atomic E-state index is 13.7. The molecule has 39 heavy (non-hydrogen) atoms. The summed E-state index contributed by atoms with van der Waals surface area (Å²) in [6, 6.07) is 0.708.